The van der Waals surface area contributed by atoms with Crippen molar-refractivity contribution in [1.82, 2.24) is 39.7 Å². The van der Waals surface area contributed by atoms with Gasteiger partial charge < -0.3 is 53.3 Å². The zero-order valence-corrected chi connectivity index (χ0v) is 63.2. The highest BCUT2D eigenvalue weighted by atomic mass is 16.5. The smallest absolute Gasteiger partial charge is 0.253 e. The first-order valence-electron chi connectivity index (χ1n) is 35.7. The van der Waals surface area contributed by atoms with Crippen molar-refractivity contribution in [2.24, 2.45) is 19.9 Å². The minimum absolute atomic E-state index is 0.0335. The molecule has 6 aliphatic heterocycles. The van der Waals surface area contributed by atoms with E-state index in [2.05, 4.69) is 97.0 Å². The Kier molecular flexibility index (Phi) is 23.0. The van der Waals surface area contributed by atoms with Gasteiger partial charge in [0.25, 0.3) is 17.7 Å². The highest BCUT2D eigenvalue weighted by Gasteiger charge is 2.50. The first kappa shape index (κ1) is 76.7. The zero-order chi connectivity index (χ0) is 75.3. The fourth-order valence-electron chi connectivity index (χ4n) is 14.9. The number of nitrogens with two attached hydrogens (primary N) is 1. The Hall–Kier alpha value is -9.96. The Morgan fingerprint density at radius 2 is 0.885 bits per heavy atom. The Balaban J connectivity index is 0.000000161. The number of ketones is 1. The van der Waals surface area contributed by atoms with Crippen molar-refractivity contribution in [2.75, 3.05) is 74.3 Å². The van der Waals surface area contributed by atoms with E-state index in [4.69, 9.17) is 38.6 Å². The molecule has 8 heterocycles. The SMILES string of the molecule is CCO.CNN.COc1cc(C(=O)N2CCC3(CC2)Oc2ccccc2-c2c3cnn2C)ccc1C(C)(C)C.COc1cc(C(=O)N2CCC3(CC2)Oc2ccccc2-c2nn(C)cc23)ccc1C(C)(C)C.COc1cc(C(=O)N2CCC3(CC2)Oc2ccccc2C(=O)/C3=C\O)ccc1C(C)(C)C. The molecule has 0 saturated carbocycles. The lowest BCUT2D eigenvalue weighted by molar-refractivity contribution is -0.00224. The topological polar surface area (TPSA) is 248 Å². The summed E-state index contributed by atoms with van der Waals surface area (Å²) in [6.07, 6.45) is 8.60. The molecule has 21 heteroatoms. The zero-order valence-electron chi connectivity index (χ0n) is 63.2. The summed E-state index contributed by atoms with van der Waals surface area (Å²) in [6, 6.07) is 40.5. The van der Waals surface area contributed by atoms with Gasteiger partial charge in [-0.15, -0.1) is 0 Å². The molecule has 0 bridgehead atoms. The minimum Gasteiger partial charge on any atom is -0.515 e. The van der Waals surface area contributed by atoms with Crippen LogP contribution in [0.15, 0.2) is 152 Å². The van der Waals surface area contributed by atoms with E-state index in [-0.39, 0.29) is 51.9 Å². The van der Waals surface area contributed by atoms with E-state index in [1.807, 2.05) is 130 Å². The van der Waals surface area contributed by atoms with E-state index in [1.54, 1.807) is 64.5 Å². The van der Waals surface area contributed by atoms with Crippen molar-refractivity contribution in [3.05, 3.63) is 202 Å². The number of carbonyl (C=O) groups excluding carboxylic acids is 4. The Morgan fingerprint density at radius 1 is 0.548 bits per heavy atom. The summed E-state index contributed by atoms with van der Waals surface area (Å²) < 4.78 is 40.0. The van der Waals surface area contributed by atoms with Gasteiger partial charge in [0.2, 0.25) is 0 Å². The molecule has 3 fully saturated rings. The molecule has 8 aromatic rings. The van der Waals surface area contributed by atoms with Gasteiger partial charge in [-0.1, -0.05) is 117 Å². The average molecular weight is 1420 g/mol. The number of aromatic nitrogens is 4. The molecule has 5 N–H and O–H groups in total. The van der Waals surface area contributed by atoms with Gasteiger partial charge in [0.1, 0.15) is 57.0 Å². The monoisotopic (exact) mass is 1420 g/mol. The van der Waals surface area contributed by atoms with Gasteiger partial charge in [-0.25, -0.2) is 0 Å². The maximum atomic E-state index is 13.4. The number of aliphatic hydroxyl groups is 2. The molecule has 552 valence electrons. The second-order valence-electron chi connectivity index (χ2n) is 30.2. The second kappa shape index (κ2) is 31.2. The lowest BCUT2D eigenvalue weighted by Gasteiger charge is -2.44. The van der Waals surface area contributed by atoms with Crippen molar-refractivity contribution < 1.29 is 57.8 Å². The van der Waals surface area contributed by atoms with Crippen LogP contribution in [0.5, 0.6) is 34.5 Å². The molecule has 0 aliphatic carbocycles. The first-order valence-corrected chi connectivity index (χ1v) is 35.7. The number of nitrogens with zero attached hydrogens (tertiary/aromatic N) is 7. The molecule has 3 spiro atoms. The van der Waals surface area contributed by atoms with E-state index in [0.717, 1.165) is 105 Å². The number of fused-ring (bicyclic) bond motifs is 9. The van der Waals surface area contributed by atoms with Crippen LogP contribution < -0.4 is 39.7 Å². The predicted molar refractivity (Wildman–Crippen MR) is 403 cm³/mol. The van der Waals surface area contributed by atoms with Crippen molar-refractivity contribution in [1.29, 1.82) is 0 Å². The minimum atomic E-state index is -0.926. The van der Waals surface area contributed by atoms with Gasteiger partial charge in [0, 0.05) is 144 Å². The van der Waals surface area contributed by atoms with E-state index in [1.165, 1.54) is 0 Å². The summed E-state index contributed by atoms with van der Waals surface area (Å²) >= 11 is 0. The van der Waals surface area contributed by atoms with Crippen molar-refractivity contribution in [3.63, 3.8) is 0 Å². The highest BCUT2D eigenvalue weighted by molar-refractivity contribution is 6.13. The second-order valence-corrected chi connectivity index (χ2v) is 30.2. The van der Waals surface area contributed by atoms with E-state index >= 15 is 0 Å². The van der Waals surface area contributed by atoms with Crippen LogP contribution in [0.25, 0.3) is 22.5 Å². The number of benzene rings is 6. The number of carbonyl (C=O) groups is 4. The largest absolute Gasteiger partial charge is 0.515 e. The maximum Gasteiger partial charge on any atom is 0.253 e. The number of aryl methyl sites for hydroxylation is 2. The molecule has 21 nitrogen and oxygen atoms in total. The highest BCUT2D eigenvalue weighted by Crippen LogP contribution is 2.52. The molecule has 0 atom stereocenters. The van der Waals surface area contributed by atoms with E-state index in [9.17, 15) is 24.3 Å². The molecular weight excluding hydrogens is 1310 g/mol. The van der Waals surface area contributed by atoms with Crippen LogP contribution in [0.1, 0.15) is 177 Å². The van der Waals surface area contributed by atoms with Gasteiger partial charge in [0.15, 0.2) is 5.78 Å². The molecule has 6 aromatic carbocycles. The standard InChI is InChI=1S/2C27H31N3O3.C26H29NO5.C2H6O.CH6N2/c1-26(2,3)20-11-10-18(16-23(20)32-5)25(31)30-14-12-27(13-15-30)21-17-29(4)28-24(21)19-8-6-7-9-22(19)33-27;1-26(2,3)20-11-10-18(16-23(20)32-5)25(31)30-14-12-27(13-15-30)21-17-28-29(4)24(21)19-8-6-7-9-22(19)33-27;1-25(2,3)19-10-9-17(15-22(19)31-4)24(30)27-13-11-26(12-14-27)20(16-28)23(29)18-7-5-6-8-21(18)32-26;1-2-3;1-3-2/h2*6-11,16-17H,12-15H2,1-5H3;5-10,15-16,28H,11-14H2,1-4H3;2*3H,2H2,1H3/b;;20-16+;;. The third kappa shape index (κ3) is 15.5. The van der Waals surface area contributed by atoms with Gasteiger partial charge >= 0.3 is 0 Å². The molecular formula is C83H103N9O12. The van der Waals surface area contributed by atoms with Crippen molar-refractivity contribution >= 4 is 23.5 Å². The third-order valence-electron chi connectivity index (χ3n) is 20.3. The van der Waals surface area contributed by atoms with Gasteiger partial charge in [-0.05, 0) is 120 Å². The molecule has 3 saturated heterocycles. The molecule has 0 radical (unpaired) electrons. The number of ether oxygens (including phenoxy) is 6. The van der Waals surface area contributed by atoms with E-state index < -0.39 is 16.8 Å². The summed E-state index contributed by atoms with van der Waals surface area (Å²) in [5, 5.41) is 26.7. The van der Waals surface area contributed by atoms with Crippen LogP contribution in [0.3, 0.4) is 0 Å². The number of hydrogen-bond acceptors (Lipinski definition) is 16. The van der Waals surface area contributed by atoms with Crippen LogP contribution in [-0.4, -0.2) is 148 Å². The Labute approximate surface area is 611 Å². The van der Waals surface area contributed by atoms with Gasteiger partial charge in [-0.3, -0.25) is 39.8 Å². The van der Waals surface area contributed by atoms with Crippen LogP contribution in [0.4, 0.5) is 0 Å². The number of nitrogens with one attached hydrogen (secondary N) is 1. The van der Waals surface area contributed by atoms with Gasteiger partial charge in [-0.2, -0.15) is 10.2 Å². The molecule has 2 aromatic heterocycles. The Bertz CT molecular complexity index is 4350. The quantitative estimate of drug-likeness (QED) is 0.0523. The number of aliphatic hydroxyl groups excluding tert-OH is 2. The van der Waals surface area contributed by atoms with Crippen LogP contribution in [0, 0.1) is 0 Å². The number of likely N-dealkylation sites (tertiary alicyclic amines) is 3. The van der Waals surface area contributed by atoms with E-state index in [0.29, 0.717) is 85.9 Å². The van der Waals surface area contributed by atoms with Crippen LogP contribution >= 0.6 is 0 Å². The lowest BCUT2D eigenvalue weighted by Crippen LogP contribution is -2.53. The van der Waals surface area contributed by atoms with Crippen LogP contribution in [-0.2, 0) is 41.5 Å². The number of hydrazine groups is 1. The maximum absolute atomic E-state index is 13.4. The van der Waals surface area contributed by atoms with Gasteiger partial charge in [0.05, 0.1) is 50.6 Å². The number of Topliss-reactive ketones (excluding diaryl/α,β-unsaturated/α-hetero) is 1. The van der Waals surface area contributed by atoms with Crippen molar-refractivity contribution in [3.8, 4) is 57.0 Å². The third-order valence-corrected chi connectivity index (χ3v) is 20.3. The number of hydrogen-bond donors (Lipinski definition) is 4. The number of piperidine rings is 3. The van der Waals surface area contributed by atoms with Crippen molar-refractivity contribution in [2.45, 2.75) is 141 Å². The average Bonchev–Trinajstić information content (AvgIpc) is 1.52. The lowest BCUT2D eigenvalue weighted by atomic mass is 9.78. The summed E-state index contributed by atoms with van der Waals surface area (Å²) in [5.74, 6) is 8.83. The molecule has 0 unspecified atom stereocenters. The molecule has 6 aliphatic rings. The molecule has 104 heavy (non-hydrogen) atoms. The number of para-hydroxylation sites is 3. The van der Waals surface area contributed by atoms with Crippen LogP contribution in [0.2, 0.25) is 0 Å². The molecule has 3 amide bonds. The summed E-state index contributed by atoms with van der Waals surface area (Å²) in [5.41, 5.74) is 12.5. The predicted octanol–water partition coefficient (Wildman–Crippen LogP) is 13.6. The number of rotatable bonds is 6. The number of methoxy groups -OCH3 is 3. The molecule has 14 rings (SSSR count). The summed E-state index contributed by atoms with van der Waals surface area (Å²) in [7, 11) is 10.5. The number of amides is 3. The first-order chi connectivity index (χ1) is 49.5. The Morgan fingerprint density at radius 3 is 1.27 bits per heavy atom. The summed E-state index contributed by atoms with van der Waals surface area (Å²) in [4.78, 5) is 58.5. The fraction of sp³-hybridized carbons (Fsp3) is 0.422. The summed E-state index contributed by atoms with van der Waals surface area (Å²) in [6.45, 7) is 24.4. The fourth-order valence-corrected chi connectivity index (χ4v) is 14.9. The normalized spacial score (nSPS) is 16.8.